The molecule has 0 unspecified atom stereocenters. The Morgan fingerprint density at radius 3 is 2.57 bits per heavy atom. The molecule has 1 aromatic carbocycles. The third kappa shape index (κ3) is 4.53. The Balaban J connectivity index is 1.89. The van der Waals surface area contributed by atoms with E-state index in [1.165, 1.54) is 0 Å². The van der Waals surface area contributed by atoms with E-state index >= 15 is 0 Å². The van der Waals surface area contributed by atoms with Crippen LogP contribution in [0.15, 0.2) is 30.3 Å². The van der Waals surface area contributed by atoms with Gasteiger partial charge in [0, 0.05) is 19.1 Å². The number of benzene rings is 1. The van der Waals surface area contributed by atoms with Gasteiger partial charge in [-0.3, -0.25) is 0 Å². The van der Waals surface area contributed by atoms with Gasteiger partial charge < -0.3 is 5.11 Å². The molecule has 0 spiro atoms. The highest BCUT2D eigenvalue weighted by Crippen LogP contribution is 2.45. The molecule has 2 rings (SSSR count). The third-order valence-corrected chi connectivity index (χ3v) is 5.99. The summed E-state index contributed by atoms with van der Waals surface area (Å²) >= 11 is 0. The summed E-state index contributed by atoms with van der Waals surface area (Å²) in [5.41, 5.74) is 0.972. The van der Waals surface area contributed by atoms with Crippen LogP contribution in [0.25, 0.3) is 0 Å². The molecule has 4 nitrogen and oxygen atoms in total. The molecular formula is C16H25NO3S. The van der Waals surface area contributed by atoms with E-state index in [1.807, 2.05) is 44.2 Å². The lowest BCUT2D eigenvalue weighted by Crippen LogP contribution is -2.36. The van der Waals surface area contributed by atoms with Crippen LogP contribution in [0.5, 0.6) is 0 Å². The fourth-order valence-electron chi connectivity index (χ4n) is 2.61. The number of rotatable bonds is 8. The molecule has 21 heavy (non-hydrogen) atoms. The highest BCUT2D eigenvalue weighted by atomic mass is 32.2. The molecule has 1 aliphatic rings. The minimum Gasteiger partial charge on any atom is -0.396 e. The number of aliphatic hydroxyl groups excluding tert-OH is 1. The summed E-state index contributed by atoms with van der Waals surface area (Å²) in [6.07, 6.45) is 2.21. The van der Waals surface area contributed by atoms with Crippen molar-refractivity contribution in [1.82, 2.24) is 4.72 Å². The molecule has 118 valence electrons. The van der Waals surface area contributed by atoms with Crippen LogP contribution >= 0.6 is 0 Å². The van der Waals surface area contributed by atoms with Crippen molar-refractivity contribution >= 4 is 10.0 Å². The minimum atomic E-state index is -3.26. The number of aliphatic hydroxyl groups is 1. The van der Waals surface area contributed by atoms with E-state index < -0.39 is 10.0 Å². The lowest BCUT2D eigenvalue weighted by Gasteiger charge is -2.24. The molecule has 1 aromatic rings. The van der Waals surface area contributed by atoms with Gasteiger partial charge in [0.1, 0.15) is 0 Å². The summed E-state index contributed by atoms with van der Waals surface area (Å²) < 4.78 is 27.4. The van der Waals surface area contributed by atoms with Crippen molar-refractivity contribution in [2.24, 2.45) is 5.41 Å². The van der Waals surface area contributed by atoms with Crippen molar-refractivity contribution < 1.29 is 13.5 Å². The van der Waals surface area contributed by atoms with E-state index in [-0.39, 0.29) is 23.2 Å². The van der Waals surface area contributed by atoms with Crippen molar-refractivity contribution in [1.29, 1.82) is 0 Å². The molecule has 5 heteroatoms. The van der Waals surface area contributed by atoms with E-state index in [1.54, 1.807) is 0 Å². The molecule has 0 amide bonds. The zero-order valence-corrected chi connectivity index (χ0v) is 13.6. The lowest BCUT2D eigenvalue weighted by molar-refractivity contribution is 0.242. The maximum Gasteiger partial charge on any atom is 0.215 e. The van der Waals surface area contributed by atoms with Crippen LogP contribution in [-0.2, 0) is 10.0 Å². The second-order valence-electron chi connectivity index (χ2n) is 6.65. The van der Waals surface area contributed by atoms with E-state index in [0.29, 0.717) is 19.4 Å². The first-order valence-corrected chi connectivity index (χ1v) is 9.05. The first kappa shape index (κ1) is 16.5. The van der Waals surface area contributed by atoms with E-state index in [0.717, 1.165) is 12.0 Å². The first-order valence-electron chi connectivity index (χ1n) is 7.50. The minimum absolute atomic E-state index is 0.129. The van der Waals surface area contributed by atoms with Crippen LogP contribution in [0.3, 0.4) is 0 Å². The zero-order valence-electron chi connectivity index (χ0n) is 12.7. The van der Waals surface area contributed by atoms with Crippen molar-refractivity contribution in [3.05, 3.63) is 35.9 Å². The van der Waals surface area contributed by atoms with Gasteiger partial charge in [-0.25, -0.2) is 13.1 Å². The van der Waals surface area contributed by atoms with Crippen molar-refractivity contribution in [2.75, 3.05) is 13.2 Å². The molecule has 0 aromatic heterocycles. The molecule has 0 heterocycles. The Hall–Kier alpha value is -0.910. The summed E-state index contributed by atoms with van der Waals surface area (Å²) in [6.45, 7) is 4.61. The van der Waals surface area contributed by atoms with E-state index in [9.17, 15) is 8.42 Å². The smallest absolute Gasteiger partial charge is 0.215 e. The molecule has 0 saturated heterocycles. The molecular weight excluding hydrogens is 286 g/mol. The van der Waals surface area contributed by atoms with Gasteiger partial charge in [0.05, 0.1) is 5.25 Å². The normalized spacial score (nSPS) is 22.2. The highest BCUT2D eigenvalue weighted by molar-refractivity contribution is 7.90. The Kier molecular flexibility index (Phi) is 5.07. The second kappa shape index (κ2) is 6.46. The molecule has 2 atom stereocenters. The second-order valence-corrected chi connectivity index (χ2v) is 8.63. The largest absolute Gasteiger partial charge is 0.396 e. The molecule has 0 radical (unpaired) electrons. The van der Waals surface area contributed by atoms with Gasteiger partial charge in [-0.15, -0.1) is 0 Å². The summed E-state index contributed by atoms with van der Waals surface area (Å²) in [5.74, 6) is 0.129. The van der Waals surface area contributed by atoms with Crippen molar-refractivity contribution in [2.45, 2.75) is 44.3 Å². The zero-order chi connectivity index (χ0) is 15.5. The van der Waals surface area contributed by atoms with Crippen LogP contribution in [-0.4, -0.2) is 31.9 Å². The van der Waals surface area contributed by atoms with Gasteiger partial charge >= 0.3 is 0 Å². The fraction of sp³-hybridized carbons (Fsp3) is 0.625. The topological polar surface area (TPSA) is 66.4 Å². The number of hydrogen-bond acceptors (Lipinski definition) is 3. The fourth-order valence-corrected chi connectivity index (χ4v) is 4.47. The first-order chi connectivity index (χ1) is 9.86. The summed E-state index contributed by atoms with van der Waals surface area (Å²) in [4.78, 5) is 0. The predicted molar refractivity (Wildman–Crippen MR) is 84.6 cm³/mol. The van der Waals surface area contributed by atoms with Gasteiger partial charge in [-0.05, 0) is 30.2 Å². The maximum absolute atomic E-state index is 12.3. The van der Waals surface area contributed by atoms with Crippen LogP contribution in [0.2, 0.25) is 0 Å². The van der Waals surface area contributed by atoms with Gasteiger partial charge in [0.15, 0.2) is 0 Å². The molecule has 2 N–H and O–H groups in total. The number of sulfonamides is 1. The van der Waals surface area contributed by atoms with Gasteiger partial charge in [0.2, 0.25) is 10.0 Å². The number of hydrogen-bond donors (Lipinski definition) is 2. The highest BCUT2D eigenvalue weighted by Gasteiger charge is 2.48. The van der Waals surface area contributed by atoms with Crippen molar-refractivity contribution in [3.8, 4) is 0 Å². The number of nitrogens with one attached hydrogen (secondary N) is 1. The molecule has 1 fully saturated rings. The monoisotopic (exact) mass is 311 g/mol. The Bertz CT molecular complexity index is 554. The Morgan fingerprint density at radius 2 is 1.95 bits per heavy atom. The van der Waals surface area contributed by atoms with Crippen molar-refractivity contribution in [3.63, 3.8) is 0 Å². The standard InChI is InChI=1S/C16H25NO3S/c1-16(2,9-6-10-18)12-17-21(19,20)15-11-14(15)13-7-4-3-5-8-13/h3-5,7-8,14-15,17-18H,6,9-12H2,1-2H3/t14-,15+/m0/s1. The van der Waals surface area contributed by atoms with E-state index in [2.05, 4.69) is 4.72 Å². The van der Waals surface area contributed by atoms with E-state index in [4.69, 9.17) is 5.11 Å². The quantitative estimate of drug-likeness (QED) is 0.774. The summed E-state index contributed by atoms with van der Waals surface area (Å²) in [7, 11) is -3.26. The molecule has 0 aliphatic heterocycles. The summed E-state index contributed by atoms with van der Waals surface area (Å²) in [5, 5.41) is 8.58. The maximum atomic E-state index is 12.3. The molecule has 1 aliphatic carbocycles. The van der Waals surface area contributed by atoms with Crippen LogP contribution in [0.1, 0.15) is 44.6 Å². The summed E-state index contributed by atoms with van der Waals surface area (Å²) in [6, 6.07) is 9.82. The van der Waals surface area contributed by atoms with Gasteiger partial charge in [-0.1, -0.05) is 44.2 Å². The van der Waals surface area contributed by atoms with Gasteiger partial charge in [0.25, 0.3) is 0 Å². The predicted octanol–water partition coefficient (Wildman–Crippen LogP) is 2.26. The average Bonchev–Trinajstić information content (AvgIpc) is 3.26. The lowest BCUT2D eigenvalue weighted by atomic mass is 9.88. The van der Waals surface area contributed by atoms with Crippen LogP contribution in [0.4, 0.5) is 0 Å². The molecule has 0 bridgehead atoms. The van der Waals surface area contributed by atoms with Gasteiger partial charge in [-0.2, -0.15) is 0 Å². The Morgan fingerprint density at radius 1 is 1.29 bits per heavy atom. The van der Waals surface area contributed by atoms with Crippen LogP contribution < -0.4 is 4.72 Å². The molecule has 1 saturated carbocycles. The Labute approximate surface area is 127 Å². The van der Waals surface area contributed by atoms with Crippen LogP contribution in [0, 0.1) is 5.41 Å². The average molecular weight is 311 g/mol. The third-order valence-electron chi connectivity index (χ3n) is 4.12. The SMILES string of the molecule is CC(C)(CCCO)CNS(=O)(=O)[C@@H]1C[C@H]1c1ccccc1.